The van der Waals surface area contributed by atoms with Gasteiger partial charge in [-0.1, -0.05) is 9.64 Å². The summed E-state index contributed by atoms with van der Waals surface area (Å²) >= 11 is 1.30. The minimum atomic E-state index is -0.175. The zero-order valence-electron chi connectivity index (χ0n) is 10.1. The number of amides is 2. The molecule has 2 amide bonds. The van der Waals surface area contributed by atoms with E-state index in [0.29, 0.717) is 18.8 Å². The first kappa shape index (κ1) is 12.5. The van der Waals surface area contributed by atoms with Crippen LogP contribution in [-0.4, -0.2) is 32.7 Å². The highest BCUT2D eigenvalue weighted by molar-refractivity contribution is 7.05. The van der Waals surface area contributed by atoms with E-state index in [1.165, 1.54) is 17.8 Å². The summed E-state index contributed by atoms with van der Waals surface area (Å²) in [6.07, 6.45) is 1.47. The fourth-order valence-electron chi connectivity index (χ4n) is 1.31. The number of nitrogens with one attached hydrogen (secondary N) is 1. The van der Waals surface area contributed by atoms with Crippen molar-refractivity contribution in [2.24, 2.45) is 0 Å². The minimum absolute atomic E-state index is 0.175. The molecule has 0 fully saturated rings. The molecule has 0 aliphatic rings. The Morgan fingerprint density at radius 2 is 2.44 bits per heavy atom. The maximum atomic E-state index is 11.8. The van der Waals surface area contributed by atoms with Gasteiger partial charge in [-0.2, -0.15) is 0 Å². The van der Waals surface area contributed by atoms with Crippen molar-refractivity contribution in [1.29, 1.82) is 0 Å². The predicted octanol–water partition coefficient (Wildman–Crippen LogP) is 1.18. The largest absolute Gasteiger partial charge is 0.364 e. The summed E-state index contributed by atoms with van der Waals surface area (Å²) in [5.74, 6) is 0. The third-order valence-electron chi connectivity index (χ3n) is 2.38. The Balaban J connectivity index is 1.83. The molecule has 0 spiro atoms. The number of carbonyl (C=O) groups is 1. The maximum absolute atomic E-state index is 11.8. The van der Waals surface area contributed by atoms with Gasteiger partial charge in [-0.3, -0.25) is 0 Å². The van der Waals surface area contributed by atoms with Crippen molar-refractivity contribution in [3.05, 3.63) is 28.6 Å². The Hall–Kier alpha value is -1.96. The van der Waals surface area contributed by atoms with E-state index in [1.807, 2.05) is 6.92 Å². The first-order valence-corrected chi connectivity index (χ1v) is 6.10. The third kappa shape index (κ3) is 3.04. The Bertz CT molecular complexity index is 510. The second kappa shape index (κ2) is 5.58. The number of rotatable bonds is 4. The predicted molar refractivity (Wildman–Crippen MR) is 64.9 cm³/mol. The highest BCUT2D eigenvalue weighted by Crippen LogP contribution is 2.11. The second-order valence-electron chi connectivity index (χ2n) is 3.79. The van der Waals surface area contributed by atoms with Gasteiger partial charge in [-0.05, 0) is 18.5 Å². The van der Waals surface area contributed by atoms with Gasteiger partial charge in [0.1, 0.15) is 12.0 Å². The van der Waals surface area contributed by atoms with E-state index >= 15 is 0 Å². The van der Waals surface area contributed by atoms with Crippen LogP contribution < -0.4 is 5.32 Å². The van der Waals surface area contributed by atoms with Crippen molar-refractivity contribution in [2.75, 3.05) is 7.05 Å². The van der Waals surface area contributed by atoms with E-state index in [1.54, 1.807) is 18.0 Å². The molecule has 2 rings (SSSR count). The molecule has 2 aromatic heterocycles. The van der Waals surface area contributed by atoms with Crippen LogP contribution in [0, 0.1) is 6.92 Å². The van der Waals surface area contributed by atoms with Gasteiger partial charge < -0.3 is 14.7 Å². The molecule has 0 saturated carbocycles. The summed E-state index contributed by atoms with van der Waals surface area (Å²) in [6, 6.07) is 1.53. The minimum Gasteiger partial charge on any atom is -0.364 e. The molecule has 2 heterocycles. The van der Waals surface area contributed by atoms with Crippen LogP contribution in [0.2, 0.25) is 0 Å². The maximum Gasteiger partial charge on any atom is 0.317 e. The summed E-state index contributed by atoms with van der Waals surface area (Å²) in [4.78, 5) is 14.3. The van der Waals surface area contributed by atoms with E-state index in [4.69, 9.17) is 0 Å². The average molecular weight is 267 g/mol. The normalized spacial score (nSPS) is 10.3. The molecule has 2 aromatic rings. The number of aryl methyl sites for hydroxylation is 1. The quantitative estimate of drug-likeness (QED) is 0.899. The first-order chi connectivity index (χ1) is 8.66. The Morgan fingerprint density at radius 1 is 1.61 bits per heavy atom. The lowest BCUT2D eigenvalue weighted by atomic mass is 10.4. The monoisotopic (exact) mass is 267 g/mol. The van der Waals surface area contributed by atoms with Crippen molar-refractivity contribution in [3.8, 4) is 0 Å². The van der Waals surface area contributed by atoms with Gasteiger partial charge in [0.25, 0.3) is 0 Å². The highest BCUT2D eigenvalue weighted by atomic mass is 32.1. The first-order valence-electron chi connectivity index (χ1n) is 5.33. The zero-order valence-corrected chi connectivity index (χ0v) is 10.9. The molecule has 96 valence electrons. The summed E-state index contributed by atoms with van der Waals surface area (Å²) in [5, 5.41) is 10.4. The molecule has 8 heteroatoms. The van der Waals surface area contributed by atoms with Gasteiger partial charge in [0.2, 0.25) is 0 Å². The molecule has 1 N–H and O–H groups in total. The van der Waals surface area contributed by atoms with Crippen LogP contribution in [0.5, 0.6) is 0 Å². The van der Waals surface area contributed by atoms with Crippen LogP contribution >= 0.6 is 11.5 Å². The van der Waals surface area contributed by atoms with Crippen LogP contribution in [0.1, 0.15) is 16.3 Å². The van der Waals surface area contributed by atoms with Gasteiger partial charge in [-0.25, -0.2) is 4.79 Å². The molecule has 0 aromatic carbocycles. The number of carbonyl (C=O) groups excluding carboxylic acids is 1. The van der Waals surface area contributed by atoms with E-state index < -0.39 is 0 Å². The Labute approximate surface area is 108 Å². The molecule has 0 saturated heterocycles. The van der Waals surface area contributed by atoms with E-state index in [0.717, 1.165) is 10.6 Å². The number of aromatic nitrogens is 3. The molecule has 18 heavy (non-hydrogen) atoms. The summed E-state index contributed by atoms with van der Waals surface area (Å²) in [7, 11) is 1.72. The van der Waals surface area contributed by atoms with Crippen LogP contribution in [-0.2, 0) is 13.1 Å². The fraction of sp³-hybridized carbons (Fsp3) is 0.400. The molecule has 0 bridgehead atoms. The summed E-state index contributed by atoms with van der Waals surface area (Å²) < 4.78 is 8.51. The fourth-order valence-corrected chi connectivity index (χ4v) is 2.00. The van der Waals surface area contributed by atoms with Gasteiger partial charge in [-0.15, -0.1) is 5.10 Å². The molecule has 0 atom stereocenters. The second-order valence-corrected chi connectivity index (χ2v) is 4.63. The highest BCUT2D eigenvalue weighted by Gasteiger charge is 2.12. The molecule has 0 unspecified atom stereocenters. The van der Waals surface area contributed by atoms with E-state index in [-0.39, 0.29) is 6.03 Å². The molecule has 0 aliphatic heterocycles. The smallest absolute Gasteiger partial charge is 0.317 e. The van der Waals surface area contributed by atoms with Crippen LogP contribution in [0.25, 0.3) is 0 Å². The van der Waals surface area contributed by atoms with Gasteiger partial charge in [0, 0.05) is 13.1 Å². The standard InChI is InChI=1S/C10H13N5O2S/c1-7-9(18-14-12-7)6-15(2)10(16)11-5-8-3-4-17-13-8/h3-4H,5-6H2,1-2H3,(H,11,16). The number of nitrogens with zero attached hydrogens (tertiary/aromatic N) is 4. The van der Waals surface area contributed by atoms with Crippen molar-refractivity contribution < 1.29 is 9.32 Å². The van der Waals surface area contributed by atoms with Crippen LogP contribution in [0.15, 0.2) is 16.9 Å². The molecule has 0 aliphatic carbocycles. The Kier molecular flexibility index (Phi) is 3.88. The Morgan fingerprint density at radius 3 is 3.06 bits per heavy atom. The lowest BCUT2D eigenvalue weighted by Crippen LogP contribution is -2.36. The van der Waals surface area contributed by atoms with Gasteiger partial charge in [0.15, 0.2) is 0 Å². The molecular weight excluding hydrogens is 254 g/mol. The number of hydrogen-bond acceptors (Lipinski definition) is 6. The van der Waals surface area contributed by atoms with Crippen molar-refractivity contribution in [1.82, 2.24) is 25.0 Å². The van der Waals surface area contributed by atoms with Gasteiger partial charge in [0.05, 0.1) is 23.7 Å². The van der Waals surface area contributed by atoms with E-state index in [2.05, 4.69) is 24.6 Å². The topological polar surface area (TPSA) is 84.2 Å². The third-order valence-corrected chi connectivity index (χ3v) is 3.19. The average Bonchev–Trinajstić information content (AvgIpc) is 2.99. The van der Waals surface area contributed by atoms with Crippen LogP contribution in [0.4, 0.5) is 4.79 Å². The van der Waals surface area contributed by atoms with Crippen molar-refractivity contribution >= 4 is 17.6 Å². The van der Waals surface area contributed by atoms with Crippen LogP contribution in [0.3, 0.4) is 0 Å². The molecule has 0 radical (unpaired) electrons. The van der Waals surface area contributed by atoms with Crippen molar-refractivity contribution in [2.45, 2.75) is 20.0 Å². The summed E-state index contributed by atoms with van der Waals surface area (Å²) in [5.41, 5.74) is 1.54. The SMILES string of the molecule is Cc1nnsc1CN(C)C(=O)NCc1ccon1. The molecular formula is C10H13N5O2S. The lowest BCUT2D eigenvalue weighted by molar-refractivity contribution is 0.206. The van der Waals surface area contributed by atoms with Crippen molar-refractivity contribution in [3.63, 3.8) is 0 Å². The number of urea groups is 1. The van der Waals surface area contributed by atoms with Gasteiger partial charge >= 0.3 is 6.03 Å². The zero-order chi connectivity index (χ0) is 13.0. The number of hydrogen-bond donors (Lipinski definition) is 1. The molecule has 7 nitrogen and oxygen atoms in total. The lowest BCUT2D eigenvalue weighted by Gasteiger charge is -2.16. The van der Waals surface area contributed by atoms with E-state index in [9.17, 15) is 4.79 Å². The summed E-state index contributed by atoms with van der Waals surface area (Å²) in [6.45, 7) is 2.72.